The lowest BCUT2D eigenvalue weighted by molar-refractivity contribution is 0.294. The Bertz CT molecular complexity index is 829. The van der Waals surface area contributed by atoms with Gasteiger partial charge in [-0.3, -0.25) is 4.79 Å². The summed E-state index contributed by atoms with van der Waals surface area (Å²) in [4.78, 5) is 11.9. The highest BCUT2D eigenvalue weighted by atomic mass is 16.5. The SMILES string of the molecule is CCCCCOc1nn2c(=O)cnnc2c2ccccc12. The molecule has 0 radical (unpaired) electrons. The molecular weight excluding hydrogens is 268 g/mol. The molecular formula is C15H16N4O2. The third-order valence-electron chi connectivity index (χ3n) is 3.31. The number of aromatic nitrogens is 4. The lowest BCUT2D eigenvalue weighted by atomic mass is 10.2. The molecule has 0 saturated carbocycles. The molecule has 3 rings (SSSR count). The quantitative estimate of drug-likeness (QED) is 0.530. The molecule has 0 fully saturated rings. The van der Waals surface area contributed by atoms with Crippen LogP contribution in [0.5, 0.6) is 5.88 Å². The van der Waals surface area contributed by atoms with Gasteiger partial charge in [0.25, 0.3) is 5.56 Å². The second kappa shape index (κ2) is 5.87. The van der Waals surface area contributed by atoms with Gasteiger partial charge in [-0.15, -0.1) is 10.2 Å². The summed E-state index contributed by atoms with van der Waals surface area (Å²) in [5, 5.41) is 13.7. The van der Waals surface area contributed by atoms with Gasteiger partial charge in [0, 0.05) is 10.8 Å². The Balaban J connectivity index is 2.13. The standard InChI is InChI=1S/C15H16N4O2/c1-2-3-6-9-21-15-12-8-5-4-7-11(12)14-17-16-10-13(20)19(14)18-15/h4-5,7-8,10H,2-3,6,9H2,1H3. The van der Waals surface area contributed by atoms with E-state index in [1.807, 2.05) is 24.3 Å². The van der Waals surface area contributed by atoms with Crippen molar-refractivity contribution in [1.82, 2.24) is 19.8 Å². The van der Waals surface area contributed by atoms with Crippen molar-refractivity contribution in [3.63, 3.8) is 0 Å². The molecule has 0 unspecified atom stereocenters. The van der Waals surface area contributed by atoms with Crippen LogP contribution in [-0.2, 0) is 0 Å². The highest BCUT2D eigenvalue weighted by Gasteiger charge is 2.11. The molecule has 3 aromatic rings. The molecule has 0 saturated heterocycles. The lowest BCUT2D eigenvalue weighted by Crippen LogP contribution is -2.18. The topological polar surface area (TPSA) is 69.4 Å². The molecule has 0 N–H and O–H groups in total. The number of hydrogen-bond donors (Lipinski definition) is 0. The number of rotatable bonds is 5. The Kier molecular flexibility index (Phi) is 3.77. The lowest BCUT2D eigenvalue weighted by Gasteiger charge is -2.10. The minimum absolute atomic E-state index is 0.316. The van der Waals surface area contributed by atoms with Crippen molar-refractivity contribution in [2.75, 3.05) is 6.61 Å². The van der Waals surface area contributed by atoms with Crippen molar-refractivity contribution in [3.05, 3.63) is 40.8 Å². The van der Waals surface area contributed by atoms with Gasteiger partial charge in [-0.2, -0.15) is 9.61 Å². The molecule has 0 bridgehead atoms. The molecule has 0 aliphatic carbocycles. The van der Waals surface area contributed by atoms with Crippen molar-refractivity contribution in [1.29, 1.82) is 0 Å². The van der Waals surface area contributed by atoms with Crippen molar-refractivity contribution in [3.8, 4) is 5.88 Å². The summed E-state index contributed by atoms with van der Waals surface area (Å²) in [5.74, 6) is 0.462. The molecule has 1 aromatic carbocycles. The van der Waals surface area contributed by atoms with Gasteiger partial charge in [-0.25, -0.2) is 0 Å². The molecule has 21 heavy (non-hydrogen) atoms. The fourth-order valence-corrected chi connectivity index (χ4v) is 2.24. The van der Waals surface area contributed by atoms with Crippen LogP contribution in [0.3, 0.4) is 0 Å². The van der Waals surface area contributed by atoms with Gasteiger partial charge < -0.3 is 4.74 Å². The molecule has 2 aromatic heterocycles. The van der Waals surface area contributed by atoms with Crippen LogP contribution in [0.2, 0.25) is 0 Å². The Morgan fingerprint density at radius 2 is 2.00 bits per heavy atom. The average Bonchev–Trinajstić information content (AvgIpc) is 2.52. The van der Waals surface area contributed by atoms with Crippen LogP contribution >= 0.6 is 0 Å². The maximum Gasteiger partial charge on any atom is 0.293 e. The van der Waals surface area contributed by atoms with E-state index in [0.29, 0.717) is 18.1 Å². The number of ether oxygens (including phenoxy) is 1. The molecule has 0 spiro atoms. The highest BCUT2D eigenvalue weighted by molar-refractivity contribution is 5.96. The fourth-order valence-electron chi connectivity index (χ4n) is 2.24. The van der Waals surface area contributed by atoms with Gasteiger partial charge in [0.15, 0.2) is 5.65 Å². The summed E-state index contributed by atoms with van der Waals surface area (Å²) in [6, 6.07) is 7.60. The van der Waals surface area contributed by atoms with Crippen LogP contribution in [0.1, 0.15) is 26.2 Å². The zero-order chi connectivity index (χ0) is 14.7. The number of fused-ring (bicyclic) bond motifs is 3. The Labute approximate surface area is 121 Å². The van der Waals surface area contributed by atoms with Crippen LogP contribution in [0.15, 0.2) is 35.3 Å². The van der Waals surface area contributed by atoms with Gasteiger partial charge in [-0.05, 0) is 12.5 Å². The first-order valence-electron chi connectivity index (χ1n) is 7.07. The van der Waals surface area contributed by atoms with Crippen molar-refractivity contribution in [2.24, 2.45) is 0 Å². The zero-order valence-corrected chi connectivity index (χ0v) is 11.8. The van der Waals surface area contributed by atoms with Crippen LogP contribution in [0.25, 0.3) is 16.4 Å². The first-order valence-corrected chi connectivity index (χ1v) is 7.07. The molecule has 0 atom stereocenters. The zero-order valence-electron chi connectivity index (χ0n) is 11.8. The second-order valence-corrected chi connectivity index (χ2v) is 4.82. The molecule has 6 heteroatoms. The van der Waals surface area contributed by atoms with E-state index in [4.69, 9.17) is 4.74 Å². The van der Waals surface area contributed by atoms with E-state index in [1.54, 1.807) is 0 Å². The maximum absolute atomic E-state index is 11.9. The largest absolute Gasteiger partial charge is 0.476 e. The van der Waals surface area contributed by atoms with E-state index >= 15 is 0 Å². The minimum Gasteiger partial charge on any atom is -0.476 e. The van der Waals surface area contributed by atoms with Gasteiger partial charge >= 0.3 is 0 Å². The molecule has 0 amide bonds. The van der Waals surface area contributed by atoms with E-state index in [0.717, 1.165) is 36.2 Å². The number of benzene rings is 1. The van der Waals surface area contributed by atoms with Gasteiger partial charge in [-0.1, -0.05) is 38.0 Å². The van der Waals surface area contributed by atoms with E-state index in [9.17, 15) is 4.79 Å². The van der Waals surface area contributed by atoms with Crippen molar-refractivity contribution < 1.29 is 4.74 Å². The smallest absolute Gasteiger partial charge is 0.293 e. The summed E-state index contributed by atoms with van der Waals surface area (Å²) >= 11 is 0. The molecule has 6 nitrogen and oxygen atoms in total. The monoisotopic (exact) mass is 284 g/mol. The molecule has 108 valence electrons. The summed E-state index contributed by atoms with van der Waals surface area (Å²) in [7, 11) is 0. The highest BCUT2D eigenvalue weighted by Crippen LogP contribution is 2.24. The van der Waals surface area contributed by atoms with E-state index < -0.39 is 0 Å². The third-order valence-corrected chi connectivity index (χ3v) is 3.31. The van der Waals surface area contributed by atoms with Crippen molar-refractivity contribution >= 4 is 16.4 Å². The molecule has 2 heterocycles. The van der Waals surface area contributed by atoms with Gasteiger partial charge in [0.05, 0.1) is 6.61 Å². The fraction of sp³-hybridized carbons (Fsp3) is 0.333. The average molecular weight is 284 g/mol. The summed E-state index contributed by atoms with van der Waals surface area (Å²) in [5.41, 5.74) is 0.128. The van der Waals surface area contributed by atoms with Crippen LogP contribution < -0.4 is 10.3 Å². The number of hydrogen-bond acceptors (Lipinski definition) is 5. The molecule has 0 aliphatic heterocycles. The Morgan fingerprint density at radius 1 is 1.19 bits per heavy atom. The first-order chi connectivity index (χ1) is 10.3. The van der Waals surface area contributed by atoms with E-state index in [2.05, 4.69) is 22.2 Å². The van der Waals surface area contributed by atoms with E-state index in [-0.39, 0.29) is 5.56 Å². The second-order valence-electron chi connectivity index (χ2n) is 4.82. The predicted molar refractivity (Wildman–Crippen MR) is 79.6 cm³/mol. The van der Waals surface area contributed by atoms with Crippen LogP contribution in [0.4, 0.5) is 0 Å². The minimum atomic E-state index is -0.316. The van der Waals surface area contributed by atoms with Crippen molar-refractivity contribution in [2.45, 2.75) is 26.2 Å². The summed E-state index contributed by atoms with van der Waals surface area (Å²) in [6.45, 7) is 2.73. The predicted octanol–water partition coefficient (Wildman–Crippen LogP) is 2.21. The summed E-state index contributed by atoms with van der Waals surface area (Å²) in [6.07, 6.45) is 4.35. The third kappa shape index (κ3) is 2.56. The normalized spacial score (nSPS) is 11.1. The van der Waals surface area contributed by atoms with Gasteiger partial charge in [0.2, 0.25) is 5.88 Å². The van der Waals surface area contributed by atoms with E-state index in [1.165, 1.54) is 4.52 Å². The Hall–Kier alpha value is -2.50. The first kappa shape index (κ1) is 13.5. The van der Waals surface area contributed by atoms with Crippen LogP contribution in [-0.4, -0.2) is 26.4 Å². The maximum atomic E-state index is 11.9. The number of unbranched alkanes of at least 4 members (excludes halogenated alkanes) is 2. The summed E-state index contributed by atoms with van der Waals surface area (Å²) < 4.78 is 7.01. The van der Waals surface area contributed by atoms with Gasteiger partial charge in [0.1, 0.15) is 6.20 Å². The Morgan fingerprint density at radius 3 is 2.81 bits per heavy atom. The number of nitrogens with zero attached hydrogens (tertiary/aromatic N) is 4. The molecule has 0 aliphatic rings. The van der Waals surface area contributed by atoms with Crippen LogP contribution in [0, 0.1) is 0 Å².